The minimum atomic E-state index is -0.810. The molecule has 1 aliphatic heterocycles. The number of anilines is 1. The van der Waals surface area contributed by atoms with Crippen molar-refractivity contribution in [2.24, 2.45) is 10.9 Å². The molecule has 2 N–H and O–H groups in total. The van der Waals surface area contributed by atoms with Crippen molar-refractivity contribution in [1.82, 2.24) is 10.6 Å². The third-order valence-electron chi connectivity index (χ3n) is 4.21. The van der Waals surface area contributed by atoms with Crippen LogP contribution in [0.15, 0.2) is 23.2 Å². The number of nitrogens with zero attached hydrogens (tertiary/aromatic N) is 2. The predicted molar refractivity (Wildman–Crippen MR) is 97.1 cm³/mol. The van der Waals surface area contributed by atoms with E-state index in [2.05, 4.69) is 20.5 Å². The molecule has 2 unspecified atom stereocenters. The number of guanidine groups is 1. The van der Waals surface area contributed by atoms with Gasteiger partial charge in [-0.1, -0.05) is 0 Å². The Balaban J connectivity index is 1.90. The van der Waals surface area contributed by atoms with Gasteiger partial charge < -0.3 is 20.3 Å². The highest BCUT2D eigenvalue weighted by Crippen LogP contribution is 2.25. The molecule has 1 aromatic rings. The molecule has 0 aromatic heterocycles. The molecule has 7 heteroatoms. The highest BCUT2D eigenvalue weighted by Gasteiger charge is 2.23. The molecule has 1 heterocycles. The number of ether oxygens (including phenoxy) is 1. The molecular formula is C18H28F2N4O. The smallest absolute Gasteiger partial charge is 0.191 e. The number of nitrogens with one attached hydrogen (secondary N) is 2. The zero-order valence-corrected chi connectivity index (χ0v) is 15.2. The Labute approximate surface area is 148 Å². The van der Waals surface area contributed by atoms with Crippen molar-refractivity contribution in [3.05, 3.63) is 29.8 Å². The largest absolute Gasteiger partial charge is 0.383 e. The molecule has 0 spiro atoms. The van der Waals surface area contributed by atoms with Crippen LogP contribution in [0.5, 0.6) is 0 Å². The summed E-state index contributed by atoms with van der Waals surface area (Å²) in [6.45, 7) is 7.77. The fourth-order valence-electron chi connectivity index (χ4n) is 2.96. The maximum absolute atomic E-state index is 13.4. The summed E-state index contributed by atoms with van der Waals surface area (Å²) in [7, 11) is 1.67. The molecule has 1 fully saturated rings. The quantitative estimate of drug-likeness (QED) is 0.583. The van der Waals surface area contributed by atoms with Crippen LogP contribution in [0.25, 0.3) is 0 Å². The van der Waals surface area contributed by atoms with Crippen molar-refractivity contribution in [3.8, 4) is 0 Å². The van der Waals surface area contributed by atoms with E-state index >= 15 is 0 Å². The molecular weight excluding hydrogens is 326 g/mol. The van der Waals surface area contributed by atoms with E-state index in [4.69, 9.17) is 4.74 Å². The minimum absolute atomic E-state index is 0.171. The summed E-state index contributed by atoms with van der Waals surface area (Å²) in [6, 6.07) is 4.24. The monoisotopic (exact) mass is 354 g/mol. The van der Waals surface area contributed by atoms with Gasteiger partial charge in [0.15, 0.2) is 17.6 Å². The Morgan fingerprint density at radius 1 is 1.40 bits per heavy atom. The molecule has 2 atom stereocenters. The van der Waals surface area contributed by atoms with Crippen LogP contribution in [-0.4, -0.2) is 51.9 Å². The van der Waals surface area contributed by atoms with Gasteiger partial charge in [-0.25, -0.2) is 8.78 Å². The lowest BCUT2D eigenvalue weighted by Gasteiger charge is -2.19. The van der Waals surface area contributed by atoms with E-state index < -0.39 is 11.6 Å². The van der Waals surface area contributed by atoms with E-state index in [0.29, 0.717) is 19.1 Å². The van der Waals surface area contributed by atoms with Crippen molar-refractivity contribution in [3.63, 3.8) is 0 Å². The van der Waals surface area contributed by atoms with Gasteiger partial charge in [0.1, 0.15) is 0 Å². The molecule has 0 bridgehead atoms. The molecule has 1 saturated heterocycles. The van der Waals surface area contributed by atoms with Crippen LogP contribution in [-0.2, 0) is 4.74 Å². The van der Waals surface area contributed by atoms with Crippen LogP contribution in [0.1, 0.15) is 20.3 Å². The van der Waals surface area contributed by atoms with E-state index in [1.807, 2.05) is 13.8 Å². The van der Waals surface area contributed by atoms with Crippen LogP contribution in [0, 0.1) is 17.6 Å². The molecule has 0 amide bonds. The molecule has 1 aromatic carbocycles. The first-order chi connectivity index (χ1) is 12.0. The van der Waals surface area contributed by atoms with Crippen molar-refractivity contribution in [2.75, 3.05) is 44.8 Å². The van der Waals surface area contributed by atoms with Gasteiger partial charge in [-0.15, -0.1) is 0 Å². The Morgan fingerprint density at radius 2 is 2.20 bits per heavy atom. The fraction of sp³-hybridized carbons (Fsp3) is 0.611. The Bertz CT molecular complexity index is 582. The number of benzene rings is 1. The van der Waals surface area contributed by atoms with Gasteiger partial charge in [-0.2, -0.15) is 0 Å². The summed E-state index contributed by atoms with van der Waals surface area (Å²) >= 11 is 0. The summed E-state index contributed by atoms with van der Waals surface area (Å²) in [6.07, 6.45) is 0.982. The van der Waals surface area contributed by atoms with Crippen molar-refractivity contribution >= 4 is 11.6 Å². The van der Waals surface area contributed by atoms with Gasteiger partial charge in [0.05, 0.1) is 6.61 Å². The summed E-state index contributed by atoms with van der Waals surface area (Å²) in [5, 5.41) is 6.54. The molecule has 0 saturated carbocycles. The lowest BCUT2D eigenvalue weighted by molar-refractivity contribution is 0.179. The summed E-state index contributed by atoms with van der Waals surface area (Å²) in [5.41, 5.74) is 0.726. The fourth-order valence-corrected chi connectivity index (χ4v) is 2.96. The summed E-state index contributed by atoms with van der Waals surface area (Å²) < 4.78 is 31.6. The van der Waals surface area contributed by atoms with Crippen molar-refractivity contribution in [2.45, 2.75) is 26.3 Å². The second-order valence-corrected chi connectivity index (χ2v) is 6.42. The molecule has 0 aliphatic carbocycles. The first-order valence-electron chi connectivity index (χ1n) is 8.77. The second-order valence-electron chi connectivity index (χ2n) is 6.42. The third kappa shape index (κ3) is 5.85. The topological polar surface area (TPSA) is 48.9 Å². The number of methoxy groups -OCH3 is 1. The molecule has 25 heavy (non-hydrogen) atoms. The zero-order chi connectivity index (χ0) is 18.2. The van der Waals surface area contributed by atoms with Gasteiger partial charge in [-0.05, 0) is 38.3 Å². The van der Waals surface area contributed by atoms with Gasteiger partial charge in [0, 0.05) is 51.1 Å². The van der Waals surface area contributed by atoms with Gasteiger partial charge in [0.2, 0.25) is 0 Å². The molecule has 0 radical (unpaired) electrons. The summed E-state index contributed by atoms with van der Waals surface area (Å²) in [5.74, 6) is -0.444. The Hall–Kier alpha value is -1.89. The second kappa shape index (κ2) is 9.56. The Morgan fingerprint density at radius 3 is 2.88 bits per heavy atom. The average molecular weight is 354 g/mol. The number of halogens is 2. The van der Waals surface area contributed by atoms with E-state index in [9.17, 15) is 8.78 Å². The first kappa shape index (κ1) is 19.4. The number of hydrogen-bond acceptors (Lipinski definition) is 3. The normalized spacial score (nSPS) is 19.2. The highest BCUT2D eigenvalue weighted by molar-refractivity contribution is 5.80. The van der Waals surface area contributed by atoms with Gasteiger partial charge in [-0.3, -0.25) is 4.99 Å². The SMILES string of the molecule is CCNC(=NCC1CCN(c2ccc(F)c(F)c2)C1)NC(C)COC. The first-order valence-corrected chi connectivity index (χ1v) is 8.77. The van der Waals surface area contributed by atoms with Crippen LogP contribution in [0.2, 0.25) is 0 Å². The molecule has 1 aliphatic rings. The van der Waals surface area contributed by atoms with Crippen LogP contribution >= 0.6 is 0 Å². The van der Waals surface area contributed by atoms with Crippen LogP contribution in [0.3, 0.4) is 0 Å². The molecule has 140 valence electrons. The lowest BCUT2D eigenvalue weighted by atomic mass is 10.1. The number of hydrogen-bond donors (Lipinski definition) is 2. The molecule has 2 rings (SSSR count). The van der Waals surface area contributed by atoms with Crippen molar-refractivity contribution < 1.29 is 13.5 Å². The number of rotatable bonds is 7. The standard InChI is InChI=1S/C18H28F2N4O/c1-4-21-18(23-13(2)12-25-3)22-10-14-7-8-24(11-14)15-5-6-16(19)17(20)9-15/h5-6,9,13-14H,4,7-8,10-12H2,1-3H3,(H2,21,22,23). The lowest BCUT2D eigenvalue weighted by Crippen LogP contribution is -2.44. The van der Waals surface area contributed by atoms with Crippen molar-refractivity contribution in [1.29, 1.82) is 0 Å². The van der Waals surface area contributed by atoms with Gasteiger partial charge in [0.25, 0.3) is 0 Å². The maximum Gasteiger partial charge on any atom is 0.191 e. The van der Waals surface area contributed by atoms with Crippen LogP contribution < -0.4 is 15.5 Å². The van der Waals surface area contributed by atoms with E-state index in [-0.39, 0.29) is 6.04 Å². The Kier molecular flexibility index (Phi) is 7.43. The highest BCUT2D eigenvalue weighted by atomic mass is 19.2. The van der Waals surface area contributed by atoms with E-state index in [1.165, 1.54) is 12.1 Å². The van der Waals surface area contributed by atoms with E-state index in [0.717, 1.165) is 37.7 Å². The predicted octanol–water partition coefficient (Wildman–Crippen LogP) is 2.38. The average Bonchev–Trinajstić information content (AvgIpc) is 3.04. The molecule has 5 nitrogen and oxygen atoms in total. The summed E-state index contributed by atoms with van der Waals surface area (Å²) in [4.78, 5) is 6.74. The minimum Gasteiger partial charge on any atom is -0.383 e. The van der Waals surface area contributed by atoms with E-state index in [1.54, 1.807) is 13.2 Å². The maximum atomic E-state index is 13.4. The third-order valence-corrected chi connectivity index (χ3v) is 4.21. The zero-order valence-electron chi connectivity index (χ0n) is 15.2. The number of aliphatic imine (C=N–C) groups is 1. The van der Waals surface area contributed by atoms with Gasteiger partial charge >= 0.3 is 0 Å². The van der Waals surface area contributed by atoms with Crippen LogP contribution in [0.4, 0.5) is 14.5 Å².